The van der Waals surface area contributed by atoms with Crippen molar-refractivity contribution in [2.45, 2.75) is 20.3 Å². The monoisotopic (exact) mass is 184 g/mol. The third-order valence-corrected chi connectivity index (χ3v) is 1.94. The highest BCUT2D eigenvalue weighted by Crippen LogP contribution is 2.00. The quantitative estimate of drug-likeness (QED) is 0.667. The molecule has 0 rings (SSSR count). The summed E-state index contributed by atoms with van der Waals surface area (Å²) in [6.07, 6.45) is 0.459. The maximum atomic E-state index is 10.5. The molecule has 1 atom stereocenters. The molecule has 1 unspecified atom stereocenters. The summed E-state index contributed by atoms with van der Waals surface area (Å²) >= 11 is 0. The van der Waals surface area contributed by atoms with Crippen LogP contribution in [0.1, 0.15) is 20.3 Å². The van der Waals surface area contributed by atoms with Gasteiger partial charge in [0, 0.05) is 19.5 Å². The fourth-order valence-corrected chi connectivity index (χ4v) is 1.05. The van der Waals surface area contributed by atoms with Crippen LogP contribution < -0.4 is 0 Å². The highest BCUT2D eigenvalue weighted by molar-refractivity contribution is 5.69. The smallest absolute Gasteiger partial charge is 0.307 e. The van der Waals surface area contributed by atoms with Crippen LogP contribution in [0.25, 0.3) is 0 Å². The molecule has 0 aliphatic carbocycles. The Bertz CT molecular complexity index is 198. The van der Waals surface area contributed by atoms with Crippen LogP contribution in [0.2, 0.25) is 0 Å². The number of rotatable bonds is 6. The van der Waals surface area contributed by atoms with Crippen LogP contribution in [0.4, 0.5) is 0 Å². The van der Waals surface area contributed by atoms with Gasteiger partial charge in [0.2, 0.25) is 0 Å². The largest absolute Gasteiger partial charge is 0.481 e. The van der Waals surface area contributed by atoms with Gasteiger partial charge in [-0.15, -0.1) is 0 Å². The minimum absolute atomic E-state index is 0.362. The van der Waals surface area contributed by atoms with E-state index in [1.165, 1.54) is 0 Å². The van der Waals surface area contributed by atoms with Gasteiger partial charge in [-0.1, -0.05) is 13.8 Å². The average molecular weight is 184 g/mol. The summed E-state index contributed by atoms with van der Waals surface area (Å²) in [6.45, 7) is 5.61. The van der Waals surface area contributed by atoms with Crippen molar-refractivity contribution < 1.29 is 9.90 Å². The van der Waals surface area contributed by atoms with E-state index in [1.54, 1.807) is 6.92 Å². The number of nitriles is 1. The Hall–Kier alpha value is -1.08. The molecule has 0 aliphatic heterocycles. The number of carboxylic acid groups (broad SMARTS) is 1. The lowest BCUT2D eigenvalue weighted by molar-refractivity contribution is -0.141. The van der Waals surface area contributed by atoms with Crippen LogP contribution in [0.5, 0.6) is 0 Å². The first kappa shape index (κ1) is 11.9. The Morgan fingerprint density at radius 3 is 2.69 bits per heavy atom. The topological polar surface area (TPSA) is 64.3 Å². The molecule has 0 fully saturated rings. The van der Waals surface area contributed by atoms with Gasteiger partial charge in [0.15, 0.2) is 0 Å². The van der Waals surface area contributed by atoms with Crippen molar-refractivity contribution in [2.75, 3.05) is 19.6 Å². The van der Waals surface area contributed by atoms with Crippen molar-refractivity contribution in [2.24, 2.45) is 5.92 Å². The molecule has 0 aromatic heterocycles. The number of carbonyl (C=O) groups is 1. The van der Waals surface area contributed by atoms with E-state index >= 15 is 0 Å². The summed E-state index contributed by atoms with van der Waals surface area (Å²) in [5.41, 5.74) is 0. The zero-order valence-corrected chi connectivity index (χ0v) is 8.16. The summed E-state index contributed by atoms with van der Waals surface area (Å²) in [6, 6.07) is 2.05. The lowest BCUT2D eigenvalue weighted by Crippen LogP contribution is -2.32. The van der Waals surface area contributed by atoms with Crippen molar-refractivity contribution in [3.05, 3.63) is 0 Å². The molecule has 0 saturated heterocycles. The van der Waals surface area contributed by atoms with Crippen molar-refractivity contribution >= 4 is 5.97 Å². The molecule has 0 aromatic carbocycles. The third kappa shape index (κ3) is 5.21. The van der Waals surface area contributed by atoms with E-state index in [9.17, 15) is 4.79 Å². The fraction of sp³-hybridized carbons (Fsp3) is 0.778. The van der Waals surface area contributed by atoms with Crippen LogP contribution in [-0.4, -0.2) is 35.6 Å². The lowest BCUT2D eigenvalue weighted by Gasteiger charge is -2.20. The first-order valence-corrected chi connectivity index (χ1v) is 4.43. The Labute approximate surface area is 78.8 Å². The van der Waals surface area contributed by atoms with Crippen LogP contribution >= 0.6 is 0 Å². The highest BCUT2D eigenvalue weighted by Gasteiger charge is 2.14. The van der Waals surface area contributed by atoms with Crippen molar-refractivity contribution in [1.29, 1.82) is 5.26 Å². The minimum atomic E-state index is -0.782. The summed E-state index contributed by atoms with van der Waals surface area (Å²) in [4.78, 5) is 12.5. The molecule has 13 heavy (non-hydrogen) atoms. The molecule has 0 aliphatic rings. The molecule has 4 heteroatoms. The van der Waals surface area contributed by atoms with Crippen LogP contribution in [-0.2, 0) is 4.79 Å². The predicted molar refractivity (Wildman–Crippen MR) is 49.1 cm³/mol. The summed E-state index contributed by atoms with van der Waals surface area (Å²) in [7, 11) is 0. The molecular formula is C9H16N2O2. The average Bonchev–Trinajstić information content (AvgIpc) is 2.11. The fourth-order valence-electron chi connectivity index (χ4n) is 1.05. The number of aliphatic carboxylic acids is 1. The van der Waals surface area contributed by atoms with E-state index in [0.29, 0.717) is 19.5 Å². The minimum Gasteiger partial charge on any atom is -0.481 e. The molecule has 0 saturated carbocycles. The van der Waals surface area contributed by atoms with E-state index < -0.39 is 5.97 Å². The van der Waals surface area contributed by atoms with Gasteiger partial charge >= 0.3 is 5.97 Å². The first-order chi connectivity index (χ1) is 6.11. The molecule has 0 bridgehead atoms. The third-order valence-electron chi connectivity index (χ3n) is 1.94. The zero-order valence-electron chi connectivity index (χ0n) is 8.16. The SMILES string of the molecule is CCN(CCC#N)CC(C)C(=O)O. The van der Waals surface area contributed by atoms with Gasteiger partial charge in [0.05, 0.1) is 12.0 Å². The normalized spacial score (nSPS) is 12.5. The van der Waals surface area contributed by atoms with Crippen molar-refractivity contribution in [1.82, 2.24) is 4.90 Å². The van der Waals surface area contributed by atoms with E-state index in [-0.39, 0.29) is 5.92 Å². The molecular weight excluding hydrogens is 168 g/mol. The number of hydrogen-bond acceptors (Lipinski definition) is 3. The van der Waals surface area contributed by atoms with Crippen LogP contribution in [0.3, 0.4) is 0 Å². The van der Waals surface area contributed by atoms with Crippen molar-refractivity contribution in [3.8, 4) is 6.07 Å². The standard InChI is InChI=1S/C9H16N2O2/c1-3-11(6-4-5-10)7-8(2)9(12)13/h8H,3-4,6-7H2,1-2H3,(H,12,13). The maximum absolute atomic E-state index is 10.5. The molecule has 4 nitrogen and oxygen atoms in total. The second-order valence-electron chi connectivity index (χ2n) is 3.04. The van der Waals surface area contributed by atoms with Crippen LogP contribution in [0.15, 0.2) is 0 Å². The molecule has 0 heterocycles. The second kappa shape index (κ2) is 6.44. The Morgan fingerprint density at radius 1 is 1.69 bits per heavy atom. The van der Waals surface area contributed by atoms with E-state index in [0.717, 1.165) is 6.54 Å². The predicted octanol–water partition coefficient (Wildman–Crippen LogP) is 0.943. The molecule has 1 N–H and O–H groups in total. The van der Waals surface area contributed by atoms with E-state index in [1.807, 2.05) is 17.9 Å². The van der Waals surface area contributed by atoms with Gasteiger partial charge in [-0.05, 0) is 6.54 Å². The molecule has 74 valence electrons. The lowest BCUT2D eigenvalue weighted by atomic mass is 10.1. The van der Waals surface area contributed by atoms with Gasteiger partial charge in [-0.3, -0.25) is 4.79 Å². The van der Waals surface area contributed by atoms with Gasteiger partial charge in [0.1, 0.15) is 0 Å². The van der Waals surface area contributed by atoms with Gasteiger partial charge < -0.3 is 10.0 Å². The Balaban J connectivity index is 3.84. The summed E-state index contributed by atoms with van der Waals surface area (Å²) < 4.78 is 0. The van der Waals surface area contributed by atoms with E-state index in [2.05, 4.69) is 0 Å². The Kier molecular flexibility index (Phi) is 5.90. The molecule has 0 aromatic rings. The number of hydrogen-bond donors (Lipinski definition) is 1. The van der Waals surface area contributed by atoms with Gasteiger partial charge in [-0.25, -0.2) is 0 Å². The molecule has 0 spiro atoms. The van der Waals surface area contributed by atoms with Crippen LogP contribution in [0, 0.1) is 17.2 Å². The molecule has 0 radical (unpaired) electrons. The zero-order chi connectivity index (χ0) is 10.3. The van der Waals surface area contributed by atoms with Crippen molar-refractivity contribution in [3.63, 3.8) is 0 Å². The van der Waals surface area contributed by atoms with E-state index in [4.69, 9.17) is 10.4 Å². The number of carboxylic acids is 1. The Morgan fingerprint density at radius 2 is 2.31 bits per heavy atom. The van der Waals surface area contributed by atoms with Gasteiger partial charge in [-0.2, -0.15) is 5.26 Å². The molecule has 0 amide bonds. The summed E-state index contributed by atoms with van der Waals surface area (Å²) in [5, 5.41) is 17.0. The highest BCUT2D eigenvalue weighted by atomic mass is 16.4. The first-order valence-electron chi connectivity index (χ1n) is 4.43. The maximum Gasteiger partial charge on any atom is 0.307 e. The van der Waals surface area contributed by atoms with Gasteiger partial charge in [0.25, 0.3) is 0 Å². The second-order valence-corrected chi connectivity index (χ2v) is 3.04. The summed E-state index contributed by atoms with van der Waals surface area (Å²) in [5.74, 6) is -1.14. The number of nitrogens with zero attached hydrogens (tertiary/aromatic N) is 2.